The minimum absolute atomic E-state index is 0.0877. The highest BCUT2D eigenvalue weighted by Crippen LogP contribution is 2.30. The Labute approximate surface area is 175 Å². The van der Waals surface area contributed by atoms with E-state index in [-0.39, 0.29) is 23.8 Å². The fourth-order valence-electron chi connectivity index (χ4n) is 4.57. The molecule has 0 saturated carbocycles. The van der Waals surface area contributed by atoms with Crippen molar-refractivity contribution in [2.75, 3.05) is 31.1 Å². The van der Waals surface area contributed by atoms with E-state index >= 15 is 0 Å². The number of rotatable bonds is 3. The quantitative estimate of drug-likeness (QED) is 0.704. The van der Waals surface area contributed by atoms with E-state index in [1.165, 1.54) is 22.4 Å². The van der Waals surface area contributed by atoms with Crippen LogP contribution in [0.4, 0.5) is 10.1 Å². The molecule has 1 amide bonds. The van der Waals surface area contributed by atoms with Gasteiger partial charge < -0.3 is 9.80 Å². The molecule has 0 radical (unpaired) electrons. The van der Waals surface area contributed by atoms with Gasteiger partial charge in [0, 0.05) is 32.2 Å². The van der Waals surface area contributed by atoms with Crippen LogP contribution >= 0.6 is 0 Å². The maximum atomic E-state index is 14.1. The van der Waals surface area contributed by atoms with Crippen molar-refractivity contribution >= 4 is 22.4 Å². The van der Waals surface area contributed by atoms with Crippen LogP contribution in [-0.2, 0) is 4.79 Å². The lowest BCUT2D eigenvalue weighted by atomic mass is 9.96. The smallest absolute Gasteiger partial charge is 0.241 e. The molecule has 0 aliphatic carbocycles. The first kappa shape index (κ1) is 19.0. The van der Waals surface area contributed by atoms with Gasteiger partial charge in [-0.15, -0.1) is 0 Å². The molecule has 2 atom stereocenters. The molecule has 2 unspecified atom stereocenters. The van der Waals surface area contributed by atoms with Gasteiger partial charge in [-0.3, -0.25) is 4.79 Å². The highest BCUT2D eigenvalue weighted by Gasteiger charge is 2.34. The molecule has 2 aliphatic rings. The first-order chi connectivity index (χ1) is 14.7. The van der Waals surface area contributed by atoms with Gasteiger partial charge >= 0.3 is 0 Å². The lowest BCUT2D eigenvalue weighted by molar-refractivity contribution is -0.133. The zero-order valence-electron chi connectivity index (χ0n) is 16.7. The maximum absolute atomic E-state index is 14.1. The Kier molecular flexibility index (Phi) is 5.11. The van der Waals surface area contributed by atoms with Gasteiger partial charge in [0.2, 0.25) is 5.91 Å². The molecule has 5 nitrogen and oxygen atoms in total. The molecule has 2 aliphatic heterocycles. The van der Waals surface area contributed by atoms with Crippen LogP contribution in [0.1, 0.15) is 18.0 Å². The minimum Gasteiger partial charge on any atom is -0.366 e. The summed E-state index contributed by atoms with van der Waals surface area (Å²) < 4.78 is 14.1. The third-order valence-electron chi connectivity index (χ3n) is 6.18. The number of benzene rings is 3. The summed E-state index contributed by atoms with van der Waals surface area (Å²) in [4.78, 5) is 17.0. The summed E-state index contributed by atoms with van der Waals surface area (Å²) in [5, 5.41) is 2.42. The number of halogens is 1. The highest BCUT2D eigenvalue weighted by molar-refractivity contribution is 5.87. The lowest BCUT2D eigenvalue weighted by Gasteiger charge is -2.37. The number of carbonyl (C=O) groups excluding carboxylic acids is 1. The predicted molar refractivity (Wildman–Crippen MR) is 117 cm³/mol. The summed E-state index contributed by atoms with van der Waals surface area (Å²) in [6.07, 6.45) is 0.709. The van der Waals surface area contributed by atoms with Crippen molar-refractivity contribution in [3.05, 3.63) is 78.1 Å². The van der Waals surface area contributed by atoms with Crippen molar-refractivity contribution in [1.29, 1.82) is 0 Å². The zero-order chi connectivity index (χ0) is 20.5. The van der Waals surface area contributed by atoms with Crippen LogP contribution in [0.3, 0.4) is 0 Å². The Morgan fingerprint density at radius 1 is 0.867 bits per heavy atom. The van der Waals surface area contributed by atoms with Crippen LogP contribution in [0, 0.1) is 5.82 Å². The van der Waals surface area contributed by atoms with Crippen molar-refractivity contribution in [2.24, 2.45) is 0 Å². The molecule has 2 N–H and O–H groups in total. The first-order valence-electron chi connectivity index (χ1n) is 10.5. The molecule has 3 aromatic rings. The second-order valence-corrected chi connectivity index (χ2v) is 7.96. The van der Waals surface area contributed by atoms with Crippen LogP contribution in [0.5, 0.6) is 0 Å². The fourth-order valence-corrected chi connectivity index (χ4v) is 4.57. The SMILES string of the molecule is O=C(C1CC(c2cccc3ccccc23)NN1)N1CCN(c2ccccc2F)CC1. The minimum atomic E-state index is -0.256. The molecule has 30 heavy (non-hydrogen) atoms. The first-order valence-corrected chi connectivity index (χ1v) is 10.5. The number of nitrogens with one attached hydrogen (secondary N) is 2. The van der Waals surface area contributed by atoms with E-state index in [1.54, 1.807) is 12.1 Å². The number of amides is 1. The number of para-hydroxylation sites is 1. The summed E-state index contributed by atoms with van der Waals surface area (Å²) in [6, 6.07) is 21.3. The summed E-state index contributed by atoms with van der Waals surface area (Å²) in [7, 11) is 0. The second kappa shape index (κ2) is 8.05. The molecule has 154 valence electrons. The van der Waals surface area contributed by atoms with Gasteiger partial charge in [0.15, 0.2) is 0 Å². The van der Waals surface area contributed by atoms with Gasteiger partial charge in [-0.25, -0.2) is 15.2 Å². The van der Waals surface area contributed by atoms with E-state index in [1.807, 2.05) is 28.0 Å². The number of hydrogen-bond acceptors (Lipinski definition) is 4. The molecule has 6 heteroatoms. The van der Waals surface area contributed by atoms with Crippen molar-refractivity contribution in [1.82, 2.24) is 15.8 Å². The Bertz CT molecular complexity index is 1060. The summed E-state index contributed by atoms with van der Waals surface area (Å²) in [5.41, 5.74) is 8.34. The van der Waals surface area contributed by atoms with Crippen LogP contribution < -0.4 is 15.8 Å². The summed E-state index contributed by atoms with van der Waals surface area (Å²) in [5.74, 6) is -0.102. The largest absolute Gasteiger partial charge is 0.366 e. The highest BCUT2D eigenvalue weighted by atomic mass is 19.1. The molecule has 0 aromatic heterocycles. The van der Waals surface area contributed by atoms with Gasteiger partial charge in [-0.2, -0.15) is 0 Å². The van der Waals surface area contributed by atoms with E-state index in [0.29, 0.717) is 38.3 Å². The number of fused-ring (bicyclic) bond motifs is 1. The van der Waals surface area contributed by atoms with Gasteiger partial charge in [0.05, 0.1) is 5.69 Å². The molecule has 2 heterocycles. The third kappa shape index (κ3) is 3.53. The average Bonchev–Trinajstić information content (AvgIpc) is 3.29. The van der Waals surface area contributed by atoms with E-state index in [0.717, 1.165) is 0 Å². The molecule has 0 spiro atoms. The van der Waals surface area contributed by atoms with Gasteiger partial charge in [-0.05, 0) is 34.9 Å². The van der Waals surface area contributed by atoms with E-state index < -0.39 is 0 Å². The van der Waals surface area contributed by atoms with Gasteiger partial charge in [0.25, 0.3) is 0 Å². The fraction of sp³-hybridized carbons (Fsp3) is 0.292. The Balaban J connectivity index is 1.23. The third-order valence-corrected chi connectivity index (χ3v) is 6.18. The molecule has 0 bridgehead atoms. The average molecular weight is 404 g/mol. The number of hydrogen-bond donors (Lipinski definition) is 2. The van der Waals surface area contributed by atoms with Crippen LogP contribution in [0.25, 0.3) is 10.8 Å². The number of piperazine rings is 1. The second-order valence-electron chi connectivity index (χ2n) is 7.96. The number of carbonyl (C=O) groups is 1. The molecular weight excluding hydrogens is 379 g/mol. The van der Waals surface area contributed by atoms with E-state index in [9.17, 15) is 9.18 Å². The topological polar surface area (TPSA) is 47.6 Å². The Morgan fingerprint density at radius 2 is 1.60 bits per heavy atom. The van der Waals surface area contributed by atoms with E-state index in [2.05, 4.69) is 41.2 Å². The molecule has 2 fully saturated rings. The van der Waals surface area contributed by atoms with Crippen molar-refractivity contribution in [3.8, 4) is 0 Å². The van der Waals surface area contributed by atoms with Crippen LogP contribution in [0.15, 0.2) is 66.7 Å². The number of nitrogens with zero attached hydrogens (tertiary/aromatic N) is 2. The van der Waals surface area contributed by atoms with Crippen LogP contribution in [-0.4, -0.2) is 43.0 Å². The number of anilines is 1. The van der Waals surface area contributed by atoms with E-state index in [4.69, 9.17) is 0 Å². The number of hydrazine groups is 1. The predicted octanol–water partition coefficient (Wildman–Crippen LogP) is 3.24. The molecule has 5 rings (SSSR count). The summed E-state index contributed by atoms with van der Waals surface area (Å²) >= 11 is 0. The molecule has 3 aromatic carbocycles. The van der Waals surface area contributed by atoms with Crippen molar-refractivity contribution in [2.45, 2.75) is 18.5 Å². The molecule has 2 saturated heterocycles. The van der Waals surface area contributed by atoms with Crippen LogP contribution in [0.2, 0.25) is 0 Å². The maximum Gasteiger partial charge on any atom is 0.241 e. The van der Waals surface area contributed by atoms with Gasteiger partial charge in [-0.1, -0.05) is 54.6 Å². The van der Waals surface area contributed by atoms with Gasteiger partial charge in [0.1, 0.15) is 11.9 Å². The normalized spacial score (nSPS) is 21.9. The zero-order valence-corrected chi connectivity index (χ0v) is 16.7. The Morgan fingerprint density at radius 3 is 2.43 bits per heavy atom. The molecular formula is C24H25FN4O. The summed E-state index contributed by atoms with van der Waals surface area (Å²) in [6.45, 7) is 2.48. The standard InChI is InChI=1S/C24H25FN4O/c25-20-10-3-4-11-23(20)28-12-14-29(15-13-28)24(30)22-16-21(26-27-22)19-9-5-7-17-6-1-2-8-18(17)19/h1-11,21-22,26-27H,12-16H2. The monoisotopic (exact) mass is 404 g/mol. The van der Waals surface area contributed by atoms with Crippen molar-refractivity contribution in [3.63, 3.8) is 0 Å². The Hall–Kier alpha value is -2.96. The van der Waals surface area contributed by atoms with Crippen molar-refractivity contribution < 1.29 is 9.18 Å². The lowest BCUT2D eigenvalue weighted by Crippen LogP contribution is -2.53.